The zero-order valence-electron chi connectivity index (χ0n) is 12.2. The summed E-state index contributed by atoms with van der Waals surface area (Å²) in [6.45, 7) is 2.02. The fraction of sp³-hybridized carbons (Fsp3) is 0.529. The van der Waals surface area contributed by atoms with E-state index in [1.807, 2.05) is 19.1 Å². The smallest absolute Gasteiger partial charge is 0.307 e. The zero-order valence-corrected chi connectivity index (χ0v) is 12.2. The molecule has 2 aliphatic rings. The summed E-state index contributed by atoms with van der Waals surface area (Å²) in [5.74, 6) is -1.54. The Labute approximate surface area is 124 Å². The number of carboxylic acid groups (broad SMARTS) is 1. The van der Waals surface area contributed by atoms with Crippen molar-refractivity contribution in [3.63, 3.8) is 0 Å². The molecular weight excluding hydrogens is 266 g/mol. The maximum atomic E-state index is 12.5. The van der Waals surface area contributed by atoms with E-state index in [0.717, 1.165) is 12.8 Å². The molecule has 3 rings (SSSR count). The van der Waals surface area contributed by atoms with Crippen molar-refractivity contribution in [1.29, 1.82) is 0 Å². The molecule has 4 heteroatoms. The molecule has 0 heterocycles. The van der Waals surface area contributed by atoms with Gasteiger partial charge in [0.1, 0.15) is 0 Å². The van der Waals surface area contributed by atoms with E-state index in [1.54, 1.807) is 0 Å². The number of carbonyl (C=O) groups is 2. The first-order valence-electron chi connectivity index (χ1n) is 7.67. The Bertz CT molecular complexity index is 569. The van der Waals surface area contributed by atoms with Gasteiger partial charge in [-0.3, -0.25) is 9.59 Å². The molecule has 1 fully saturated rings. The number of rotatable bonds is 3. The standard InChI is InChI=1S/C17H21NO3/c1-10-8-13(14(9-10)17(20)21)16(19)18-15-7-6-11-4-2-3-5-12(11)15/h2-5,10,13-15H,6-9H2,1H3,(H,18,19)(H,20,21). The summed E-state index contributed by atoms with van der Waals surface area (Å²) in [6.07, 6.45) is 3.17. The first-order chi connectivity index (χ1) is 10.1. The van der Waals surface area contributed by atoms with Crippen LogP contribution in [0.25, 0.3) is 0 Å². The number of nitrogens with one attached hydrogen (secondary N) is 1. The number of carboxylic acids is 1. The second-order valence-electron chi connectivity index (χ2n) is 6.43. The topological polar surface area (TPSA) is 66.4 Å². The van der Waals surface area contributed by atoms with Crippen LogP contribution in [0.2, 0.25) is 0 Å². The lowest BCUT2D eigenvalue weighted by atomic mass is 9.94. The molecule has 4 nitrogen and oxygen atoms in total. The van der Waals surface area contributed by atoms with E-state index in [2.05, 4.69) is 17.4 Å². The van der Waals surface area contributed by atoms with Gasteiger partial charge in [-0.25, -0.2) is 0 Å². The quantitative estimate of drug-likeness (QED) is 0.897. The Kier molecular flexibility index (Phi) is 3.70. The Morgan fingerprint density at radius 3 is 2.67 bits per heavy atom. The molecular formula is C17H21NO3. The highest BCUT2D eigenvalue weighted by Gasteiger charge is 2.42. The van der Waals surface area contributed by atoms with Crippen LogP contribution in [-0.4, -0.2) is 17.0 Å². The zero-order chi connectivity index (χ0) is 15.0. The molecule has 4 unspecified atom stereocenters. The molecule has 4 atom stereocenters. The number of aliphatic carboxylic acids is 1. The summed E-state index contributed by atoms with van der Waals surface area (Å²) >= 11 is 0. The predicted molar refractivity (Wildman–Crippen MR) is 78.7 cm³/mol. The number of benzene rings is 1. The van der Waals surface area contributed by atoms with Gasteiger partial charge in [-0.1, -0.05) is 31.2 Å². The third-order valence-electron chi connectivity index (χ3n) is 4.90. The lowest BCUT2D eigenvalue weighted by Gasteiger charge is -2.20. The molecule has 2 N–H and O–H groups in total. The monoisotopic (exact) mass is 287 g/mol. The second-order valence-corrected chi connectivity index (χ2v) is 6.43. The van der Waals surface area contributed by atoms with E-state index in [0.29, 0.717) is 18.8 Å². The minimum Gasteiger partial charge on any atom is -0.481 e. The Morgan fingerprint density at radius 1 is 1.19 bits per heavy atom. The summed E-state index contributed by atoms with van der Waals surface area (Å²) in [5.41, 5.74) is 2.47. The molecule has 0 spiro atoms. The first-order valence-corrected chi connectivity index (χ1v) is 7.67. The fourth-order valence-corrected chi connectivity index (χ4v) is 3.84. The van der Waals surface area contributed by atoms with Gasteiger partial charge in [0.05, 0.1) is 17.9 Å². The van der Waals surface area contributed by atoms with Gasteiger partial charge in [0.2, 0.25) is 5.91 Å². The van der Waals surface area contributed by atoms with E-state index < -0.39 is 11.9 Å². The lowest BCUT2D eigenvalue weighted by molar-refractivity contribution is -0.146. The third-order valence-corrected chi connectivity index (χ3v) is 4.90. The summed E-state index contributed by atoms with van der Waals surface area (Å²) in [6, 6.07) is 8.20. The van der Waals surface area contributed by atoms with Crippen molar-refractivity contribution < 1.29 is 14.7 Å². The largest absolute Gasteiger partial charge is 0.481 e. The molecule has 1 aromatic rings. The molecule has 0 aliphatic heterocycles. The van der Waals surface area contributed by atoms with Crippen molar-refractivity contribution in [3.8, 4) is 0 Å². The maximum Gasteiger partial charge on any atom is 0.307 e. The van der Waals surface area contributed by atoms with Crippen LogP contribution >= 0.6 is 0 Å². The molecule has 1 aromatic carbocycles. The normalized spacial score (nSPS) is 30.9. The highest BCUT2D eigenvalue weighted by Crippen LogP contribution is 2.38. The fourth-order valence-electron chi connectivity index (χ4n) is 3.84. The highest BCUT2D eigenvalue weighted by atomic mass is 16.4. The van der Waals surface area contributed by atoms with Crippen molar-refractivity contribution in [3.05, 3.63) is 35.4 Å². The average molecular weight is 287 g/mol. The van der Waals surface area contributed by atoms with Crippen molar-refractivity contribution in [2.45, 2.75) is 38.6 Å². The molecule has 1 saturated carbocycles. The highest BCUT2D eigenvalue weighted by molar-refractivity contribution is 5.85. The van der Waals surface area contributed by atoms with Gasteiger partial charge in [-0.15, -0.1) is 0 Å². The van der Waals surface area contributed by atoms with Gasteiger partial charge in [-0.2, -0.15) is 0 Å². The Balaban J connectivity index is 1.71. The van der Waals surface area contributed by atoms with E-state index in [4.69, 9.17) is 0 Å². The van der Waals surface area contributed by atoms with Gasteiger partial charge in [0, 0.05) is 0 Å². The molecule has 112 valence electrons. The lowest BCUT2D eigenvalue weighted by Crippen LogP contribution is -2.36. The van der Waals surface area contributed by atoms with Crippen LogP contribution in [0.5, 0.6) is 0 Å². The molecule has 0 bridgehead atoms. The van der Waals surface area contributed by atoms with Gasteiger partial charge in [-0.05, 0) is 42.7 Å². The molecule has 0 aromatic heterocycles. The number of amides is 1. The number of hydrogen-bond acceptors (Lipinski definition) is 2. The predicted octanol–water partition coefficient (Wildman–Crippen LogP) is 2.54. The van der Waals surface area contributed by atoms with Gasteiger partial charge in [0.15, 0.2) is 0 Å². The molecule has 0 radical (unpaired) electrons. The molecule has 21 heavy (non-hydrogen) atoms. The Morgan fingerprint density at radius 2 is 1.90 bits per heavy atom. The molecule has 2 aliphatic carbocycles. The minimum absolute atomic E-state index is 0.0408. The third kappa shape index (κ3) is 2.67. The van der Waals surface area contributed by atoms with Crippen molar-refractivity contribution >= 4 is 11.9 Å². The van der Waals surface area contributed by atoms with Crippen LogP contribution in [0, 0.1) is 17.8 Å². The van der Waals surface area contributed by atoms with Crippen LogP contribution in [0.1, 0.15) is 43.4 Å². The van der Waals surface area contributed by atoms with Crippen molar-refractivity contribution in [2.75, 3.05) is 0 Å². The summed E-state index contributed by atoms with van der Waals surface area (Å²) in [7, 11) is 0. The van der Waals surface area contributed by atoms with Crippen LogP contribution in [-0.2, 0) is 16.0 Å². The minimum atomic E-state index is -0.841. The summed E-state index contributed by atoms with van der Waals surface area (Å²) in [5, 5.41) is 12.4. The maximum absolute atomic E-state index is 12.5. The average Bonchev–Trinajstić information content (AvgIpc) is 3.03. The van der Waals surface area contributed by atoms with Crippen molar-refractivity contribution in [2.24, 2.45) is 17.8 Å². The summed E-state index contributed by atoms with van der Waals surface area (Å²) in [4.78, 5) is 23.8. The Hall–Kier alpha value is -1.84. The van der Waals surface area contributed by atoms with Crippen LogP contribution in [0.3, 0.4) is 0 Å². The molecule has 0 saturated heterocycles. The second kappa shape index (κ2) is 5.51. The van der Waals surface area contributed by atoms with Gasteiger partial charge >= 0.3 is 5.97 Å². The van der Waals surface area contributed by atoms with Crippen LogP contribution < -0.4 is 5.32 Å². The van der Waals surface area contributed by atoms with E-state index >= 15 is 0 Å². The molecule has 1 amide bonds. The number of hydrogen-bond donors (Lipinski definition) is 2. The SMILES string of the molecule is CC1CC(C(=O)O)C(C(=O)NC2CCc3ccccc32)C1. The number of carbonyl (C=O) groups excluding carboxylic acids is 1. The van der Waals surface area contributed by atoms with E-state index in [1.165, 1.54) is 11.1 Å². The van der Waals surface area contributed by atoms with Crippen molar-refractivity contribution in [1.82, 2.24) is 5.32 Å². The van der Waals surface area contributed by atoms with Gasteiger partial charge in [0.25, 0.3) is 0 Å². The van der Waals surface area contributed by atoms with Crippen LogP contribution in [0.15, 0.2) is 24.3 Å². The van der Waals surface area contributed by atoms with Crippen LogP contribution in [0.4, 0.5) is 0 Å². The number of aryl methyl sites for hydroxylation is 1. The number of fused-ring (bicyclic) bond motifs is 1. The summed E-state index contributed by atoms with van der Waals surface area (Å²) < 4.78 is 0. The van der Waals surface area contributed by atoms with Gasteiger partial charge < -0.3 is 10.4 Å². The van der Waals surface area contributed by atoms with E-state index in [-0.39, 0.29) is 17.9 Å². The first kappa shape index (κ1) is 14.1. The van der Waals surface area contributed by atoms with E-state index in [9.17, 15) is 14.7 Å².